The maximum absolute atomic E-state index is 12.6. The number of aryl methyl sites for hydroxylation is 1. The third kappa shape index (κ3) is 3.73. The standard InChI is InChI=1S/C23H19N3O3/c1-14-7-12-19-20(13-14)25-21(24-19)15-8-10-16(11-9-15)22(27)26-18-6-4-3-5-17(18)23(28)29-2/h3-13H,1-2H3,(H,24,25)(H,26,27). The van der Waals surface area contributed by atoms with E-state index in [0.717, 1.165) is 28.0 Å². The molecule has 0 atom stereocenters. The predicted octanol–water partition coefficient (Wildman–Crippen LogP) is 4.58. The number of benzene rings is 3. The van der Waals surface area contributed by atoms with Gasteiger partial charge in [0.2, 0.25) is 0 Å². The van der Waals surface area contributed by atoms with Gasteiger partial charge in [0.15, 0.2) is 0 Å². The lowest BCUT2D eigenvalue weighted by Crippen LogP contribution is -2.15. The lowest BCUT2D eigenvalue weighted by molar-refractivity contribution is 0.0602. The van der Waals surface area contributed by atoms with E-state index in [0.29, 0.717) is 16.8 Å². The van der Waals surface area contributed by atoms with E-state index in [1.54, 1.807) is 36.4 Å². The summed E-state index contributed by atoms with van der Waals surface area (Å²) in [4.78, 5) is 32.4. The number of ether oxygens (including phenoxy) is 1. The molecule has 1 heterocycles. The Balaban J connectivity index is 1.56. The van der Waals surface area contributed by atoms with Crippen molar-refractivity contribution in [1.29, 1.82) is 0 Å². The van der Waals surface area contributed by atoms with Crippen molar-refractivity contribution >= 4 is 28.6 Å². The van der Waals surface area contributed by atoms with Gasteiger partial charge in [-0.15, -0.1) is 0 Å². The van der Waals surface area contributed by atoms with E-state index in [2.05, 4.69) is 15.3 Å². The summed E-state index contributed by atoms with van der Waals surface area (Å²) >= 11 is 0. The van der Waals surface area contributed by atoms with E-state index in [9.17, 15) is 9.59 Å². The Labute approximate surface area is 167 Å². The lowest BCUT2D eigenvalue weighted by atomic mass is 10.1. The molecule has 0 saturated heterocycles. The molecule has 0 saturated carbocycles. The number of carbonyl (C=O) groups is 2. The van der Waals surface area contributed by atoms with Crippen LogP contribution in [-0.2, 0) is 4.74 Å². The van der Waals surface area contributed by atoms with Gasteiger partial charge in [-0.3, -0.25) is 4.79 Å². The maximum Gasteiger partial charge on any atom is 0.339 e. The normalized spacial score (nSPS) is 10.7. The van der Waals surface area contributed by atoms with E-state index >= 15 is 0 Å². The highest BCUT2D eigenvalue weighted by Gasteiger charge is 2.14. The van der Waals surface area contributed by atoms with Crippen molar-refractivity contribution in [2.24, 2.45) is 0 Å². The molecule has 2 N–H and O–H groups in total. The van der Waals surface area contributed by atoms with Crippen LogP contribution in [0.1, 0.15) is 26.3 Å². The Morgan fingerprint density at radius 1 is 1.00 bits per heavy atom. The van der Waals surface area contributed by atoms with Crippen LogP contribution in [0.4, 0.5) is 5.69 Å². The van der Waals surface area contributed by atoms with Gasteiger partial charge in [0.05, 0.1) is 29.4 Å². The fourth-order valence-electron chi connectivity index (χ4n) is 3.11. The molecule has 144 valence electrons. The summed E-state index contributed by atoms with van der Waals surface area (Å²) in [7, 11) is 1.30. The summed E-state index contributed by atoms with van der Waals surface area (Å²) in [6.45, 7) is 2.03. The number of nitrogens with one attached hydrogen (secondary N) is 2. The molecule has 29 heavy (non-hydrogen) atoms. The van der Waals surface area contributed by atoms with Crippen LogP contribution in [0.3, 0.4) is 0 Å². The summed E-state index contributed by atoms with van der Waals surface area (Å²) in [5.74, 6) is -0.0712. The van der Waals surface area contributed by atoms with Crippen LogP contribution in [-0.4, -0.2) is 29.0 Å². The Bertz CT molecular complexity index is 1210. The van der Waals surface area contributed by atoms with Gasteiger partial charge in [-0.25, -0.2) is 9.78 Å². The van der Waals surface area contributed by atoms with Crippen molar-refractivity contribution in [2.75, 3.05) is 12.4 Å². The zero-order valence-electron chi connectivity index (χ0n) is 16.0. The second-order valence-corrected chi connectivity index (χ2v) is 6.67. The van der Waals surface area contributed by atoms with Gasteiger partial charge in [-0.05, 0) is 48.9 Å². The van der Waals surface area contributed by atoms with Crippen LogP contribution in [0.15, 0.2) is 66.7 Å². The summed E-state index contributed by atoms with van der Waals surface area (Å²) in [6, 6.07) is 19.9. The number of amides is 1. The molecule has 0 bridgehead atoms. The van der Waals surface area contributed by atoms with E-state index in [4.69, 9.17) is 4.74 Å². The molecule has 0 spiro atoms. The topological polar surface area (TPSA) is 84.1 Å². The Morgan fingerprint density at radius 3 is 2.52 bits per heavy atom. The summed E-state index contributed by atoms with van der Waals surface area (Å²) in [6.07, 6.45) is 0. The van der Waals surface area contributed by atoms with Crippen LogP contribution in [0.2, 0.25) is 0 Å². The number of esters is 1. The van der Waals surface area contributed by atoms with Crippen molar-refractivity contribution in [3.8, 4) is 11.4 Å². The molecule has 0 fully saturated rings. The first-order chi connectivity index (χ1) is 14.0. The van der Waals surface area contributed by atoms with Crippen molar-refractivity contribution in [3.05, 3.63) is 83.4 Å². The number of carbonyl (C=O) groups excluding carboxylic acids is 2. The van der Waals surface area contributed by atoms with Gasteiger partial charge in [0, 0.05) is 11.1 Å². The Morgan fingerprint density at radius 2 is 1.76 bits per heavy atom. The first-order valence-electron chi connectivity index (χ1n) is 9.10. The number of nitrogens with zero attached hydrogens (tertiary/aromatic N) is 1. The molecule has 0 aliphatic carbocycles. The van der Waals surface area contributed by atoms with Gasteiger partial charge >= 0.3 is 5.97 Å². The third-order valence-electron chi connectivity index (χ3n) is 4.64. The van der Waals surface area contributed by atoms with E-state index in [1.807, 2.05) is 37.3 Å². The molecule has 0 radical (unpaired) electrons. The van der Waals surface area contributed by atoms with Gasteiger partial charge in [0.1, 0.15) is 5.82 Å². The van der Waals surface area contributed by atoms with Crippen molar-refractivity contribution < 1.29 is 14.3 Å². The number of hydrogen-bond acceptors (Lipinski definition) is 4. The predicted molar refractivity (Wildman–Crippen MR) is 112 cm³/mol. The molecule has 0 aliphatic rings. The van der Waals surface area contributed by atoms with Crippen LogP contribution in [0.25, 0.3) is 22.4 Å². The molecule has 1 aromatic heterocycles. The Hall–Kier alpha value is -3.93. The number of para-hydroxylation sites is 1. The zero-order chi connectivity index (χ0) is 20.4. The van der Waals surface area contributed by atoms with Gasteiger partial charge in [0.25, 0.3) is 5.91 Å². The number of methoxy groups -OCH3 is 1. The SMILES string of the molecule is COC(=O)c1ccccc1NC(=O)c1ccc(-c2nc3ccc(C)cc3[nH]2)cc1. The fraction of sp³-hybridized carbons (Fsp3) is 0.0870. The maximum atomic E-state index is 12.6. The molecule has 6 heteroatoms. The second kappa shape index (κ2) is 7.59. The quantitative estimate of drug-likeness (QED) is 0.504. The fourth-order valence-corrected chi connectivity index (χ4v) is 3.11. The second-order valence-electron chi connectivity index (χ2n) is 6.67. The smallest absolute Gasteiger partial charge is 0.339 e. The number of H-pyrrole nitrogens is 1. The Kier molecular flexibility index (Phi) is 4.83. The van der Waals surface area contributed by atoms with Crippen LogP contribution in [0.5, 0.6) is 0 Å². The minimum Gasteiger partial charge on any atom is -0.465 e. The summed E-state index contributed by atoms with van der Waals surface area (Å²) in [5, 5.41) is 2.77. The molecular weight excluding hydrogens is 366 g/mol. The highest BCUT2D eigenvalue weighted by molar-refractivity contribution is 6.08. The first kappa shape index (κ1) is 18.4. The highest BCUT2D eigenvalue weighted by atomic mass is 16.5. The number of imidazole rings is 1. The van der Waals surface area contributed by atoms with Gasteiger partial charge in [-0.1, -0.05) is 30.3 Å². The number of hydrogen-bond donors (Lipinski definition) is 2. The number of rotatable bonds is 4. The van der Waals surface area contributed by atoms with Gasteiger partial charge in [-0.2, -0.15) is 0 Å². The summed E-state index contributed by atoms with van der Waals surface area (Å²) < 4.78 is 4.76. The number of anilines is 1. The third-order valence-corrected chi connectivity index (χ3v) is 4.64. The molecule has 1 amide bonds. The minimum absolute atomic E-state index is 0.303. The molecule has 4 aromatic rings. The number of aromatic amines is 1. The number of aromatic nitrogens is 2. The summed E-state index contributed by atoms with van der Waals surface area (Å²) in [5.41, 5.74) is 5.09. The van der Waals surface area contributed by atoms with E-state index in [1.165, 1.54) is 7.11 Å². The van der Waals surface area contributed by atoms with Crippen molar-refractivity contribution in [2.45, 2.75) is 6.92 Å². The van der Waals surface area contributed by atoms with Crippen molar-refractivity contribution in [3.63, 3.8) is 0 Å². The molecule has 6 nitrogen and oxygen atoms in total. The minimum atomic E-state index is -0.503. The average molecular weight is 385 g/mol. The molecular formula is C23H19N3O3. The highest BCUT2D eigenvalue weighted by Crippen LogP contribution is 2.22. The van der Waals surface area contributed by atoms with Crippen molar-refractivity contribution in [1.82, 2.24) is 9.97 Å². The van der Waals surface area contributed by atoms with E-state index in [-0.39, 0.29) is 5.91 Å². The largest absolute Gasteiger partial charge is 0.465 e. The van der Waals surface area contributed by atoms with E-state index < -0.39 is 5.97 Å². The lowest BCUT2D eigenvalue weighted by Gasteiger charge is -2.09. The average Bonchev–Trinajstić information content (AvgIpc) is 3.17. The molecule has 4 rings (SSSR count). The molecule has 0 aliphatic heterocycles. The zero-order valence-corrected chi connectivity index (χ0v) is 16.0. The first-order valence-corrected chi connectivity index (χ1v) is 9.10. The van der Waals surface area contributed by atoms with Crippen LogP contribution >= 0.6 is 0 Å². The van der Waals surface area contributed by atoms with Crippen LogP contribution in [0, 0.1) is 6.92 Å². The molecule has 0 unspecified atom stereocenters. The van der Waals surface area contributed by atoms with Crippen LogP contribution < -0.4 is 5.32 Å². The molecule has 3 aromatic carbocycles. The van der Waals surface area contributed by atoms with Gasteiger partial charge < -0.3 is 15.0 Å². The monoisotopic (exact) mass is 385 g/mol. The number of fused-ring (bicyclic) bond motifs is 1.